The first-order chi connectivity index (χ1) is 11.4. The van der Waals surface area contributed by atoms with Crippen molar-refractivity contribution in [2.45, 2.75) is 57.4 Å². The Balaban J connectivity index is 1.47. The van der Waals surface area contributed by atoms with Gasteiger partial charge in [-0.2, -0.15) is 5.10 Å². The van der Waals surface area contributed by atoms with Gasteiger partial charge in [0.05, 0.1) is 11.9 Å². The minimum Gasteiger partial charge on any atom is -0.343 e. The van der Waals surface area contributed by atoms with Crippen molar-refractivity contribution in [1.82, 2.24) is 19.8 Å². The number of fused-ring (bicyclic) bond motifs is 1. The van der Waals surface area contributed by atoms with Crippen LogP contribution in [0.15, 0.2) is 0 Å². The number of sulfonamides is 1. The minimum atomic E-state index is -3.18. The maximum absolute atomic E-state index is 12.4. The number of rotatable bonds is 5. The van der Waals surface area contributed by atoms with Crippen molar-refractivity contribution < 1.29 is 13.2 Å². The molecular formula is C16H26N4O3S. The number of amides is 1. The Kier molecular flexibility index (Phi) is 5.24. The smallest absolute Gasteiger partial charge is 0.222 e. The molecule has 0 bridgehead atoms. The van der Waals surface area contributed by atoms with E-state index in [1.807, 2.05) is 4.90 Å². The van der Waals surface area contributed by atoms with Crippen LogP contribution < -0.4 is 4.72 Å². The van der Waals surface area contributed by atoms with Crippen LogP contribution in [0.2, 0.25) is 0 Å². The van der Waals surface area contributed by atoms with Crippen molar-refractivity contribution in [2.75, 3.05) is 19.3 Å². The zero-order valence-electron chi connectivity index (χ0n) is 14.2. The highest BCUT2D eigenvalue weighted by atomic mass is 32.2. The third-order valence-corrected chi connectivity index (χ3v) is 5.71. The number of carbonyl (C=O) groups is 1. The molecule has 3 rings (SSSR count). The molecule has 0 unspecified atom stereocenters. The van der Waals surface area contributed by atoms with Crippen LogP contribution in [0.4, 0.5) is 0 Å². The molecule has 24 heavy (non-hydrogen) atoms. The fourth-order valence-corrected chi connectivity index (χ4v) is 4.53. The number of aromatic amines is 1. The zero-order valence-corrected chi connectivity index (χ0v) is 15.0. The Morgan fingerprint density at radius 2 is 2.00 bits per heavy atom. The third kappa shape index (κ3) is 4.36. The van der Waals surface area contributed by atoms with Crippen molar-refractivity contribution in [3.8, 4) is 0 Å². The Bertz CT molecular complexity index is 690. The van der Waals surface area contributed by atoms with E-state index in [-0.39, 0.29) is 11.9 Å². The lowest BCUT2D eigenvalue weighted by Gasteiger charge is -2.32. The van der Waals surface area contributed by atoms with Gasteiger partial charge in [-0.15, -0.1) is 0 Å². The van der Waals surface area contributed by atoms with Crippen LogP contribution in [0.5, 0.6) is 0 Å². The van der Waals surface area contributed by atoms with Gasteiger partial charge in [0.15, 0.2) is 0 Å². The van der Waals surface area contributed by atoms with Gasteiger partial charge in [-0.25, -0.2) is 13.1 Å². The number of aromatic nitrogens is 2. The average molecular weight is 354 g/mol. The Labute approximate surface area is 143 Å². The lowest BCUT2D eigenvalue weighted by atomic mass is 9.94. The van der Waals surface area contributed by atoms with E-state index in [1.165, 1.54) is 30.4 Å². The summed E-state index contributed by atoms with van der Waals surface area (Å²) in [5, 5.41) is 7.51. The molecule has 1 amide bonds. The molecule has 0 radical (unpaired) electrons. The largest absolute Gasteiger partial charge is 0.343 e. The monoisotopic (exact) mass is 354 g/mol. The predicted molar refractivity (Wildman–Crippen MR) is 91.1 cm³/mol. The molecule has 0 spiro atoms. The van der Waals surface area contributed by atoms with E-state index in [2.05, 4.69) is 14.9 Å². The summed E-state index contributed by atoms with van der Waals surface area (Å²) in [5.74, 6) is 0.139. The SMILES string of the molecule is CS(=O)(=O)NC1CCN(C(=O)CCc2n[nH]c3c2CCCC3)CC1. The summed E-state index contributed by atoms with van der Waals surface area (Å²) in [7, 11) is -3.18. The topological polar surface area (TPSA) is 95.2 Å². The van der Waals surface area contributed by atoms with Crippen molar-refractivity contribution >= 4 is 15.9 Å². The van der Waals surface area contributed by atoms with Crippen molar-refractivity contribution in [3.05, 3.63) is 17.0 Å². The summed E-state index contributed by atoms with van der Waals surface area (Å²) in [5.41, 5.74) is 3.62. The maximum atomic E-state index is 12.4. The Morgan fingerprint density at radius 3 is 2.71 bits per heavy atom. The van der Waals surface area contributed by atoms with E-state index in [0.29, 0.717) is 38.8 Å². The van der Waals surface area contributed by atoms with Crippen LogP contribution in [-0.4, -0.2) is 54.8 Å². The summed E-state index contributed by atoms with van der Waals surface area (Å²) < 4.78 is 25.2. The van der Waals surface area contributed by atoms with Crippen molar-refractivity contribution in [1.29, 1.82) is 0 Å². The molecule has 2 aliphatic rings. The summed E-state index contributed by atoms with van der Waals surface area (Å²) in [6.45, 7) is 1.23. The zero-order chi connectivity index (χ0) is 17.2. The third-order valence-electron chi connectivity index (χ3n) is 4.95. The molecule has 1 aliphatic carbocycles. The molecule has 0 saturated carbocycles. The summed E-state index contributed by atoms with van der Waals surface area (Å²) >= 11 is 0. The van der Waals surface area contributed by atoms with Crippen LogP contribution in [-0.2, 0) is 34.1 Å². The molecule has 8 heteroatoms. The highest BCUT2D eigenvalue weighted by Gasteiger charge is 2.25. The highest BCUT2D eigenvalue weighted by Crippen LogP contribution is 2.23. The van der Waals surface area contributed by atoms with Gasteiger partial charge in [0.25, 0.3) is 0 Å². The number of nitrogens with zero attached hydrogens (tertiary/aromatic N) is 2. The molecule has 1 aliphatic heterocycles. The van der Waals surface area contributed by atoms with Gasteiger partial charge >= 0.3 is 0 Å². The molecule has 1 saturated heterocycles. The molecule has 0 aromatic carbocycles. The number of H-pyrrole nitrogens is 1. The second kappa shape index (κ2) is 7.23. The number of hydrogen-bond acceptors (Lipinski definition) is 4. The van der Waals surface area contributed by atoms with E-state index < -0.39 is 10.0 Å². The number of hydrogen-bond donors (Lipinski definition) is 2. The van der Waals surface area contributed by atoms with Crippen molar-refractivity contribution in [3.63, 3.8) is 0 Å². The number of piperidine rings is 1. The first kappa shape index (κ1) is 17.4. The van der Waals surface area contributed by atoms with E-state index in [4.69, 9.17) is 0 Å². The van der Waals surface area contributed by atoms with Gasteiger partial charge in [0, 0.05) is 37.7 Å². The molecule has 0 atom stereocenters. The van der Waals surface area contributed by atoms with Gasteiger partial charge in [-0.05, 0) is 44.1 Å². The Hall–Kier alpha value is -1.41. The summed E-state index contributed by atoms with van der Waals surface area (Å²) in [4.78, 5) is 14.2. The number of likely N-dealkylation sites (tertiary alicyclic amines) is 1. The van der Waals surface area contributed by atoms with Crippen LogP contribution in [0.25, 0.3) is 0 Å². The van der Waals surface area contributed by atoms with E-state index in [1.54, 1.807) is 0 Å². The van der Waals surface area contributed by atoms with Gasteiger partial charge < -0.3 is 4.90 Å². The second-order valence-corrected chi connectivity index (χ2v) is 8.66. The summed E-state index contributed by atoms with van der Waals surface area (Å²) in [6, 6.07) is -0.0533. The van der Waals surface area contributed by atoms with E-state index in [0.717, 1.165) is 18.5 Å². The van der Waals surface area contributed by atoms with Crippen LogP contribution in [0.3, 0.4) is 0 Å². The van der Waals surface area contributed by atoms with E-state index in [9.17, 15) is 13.2 Å². The number of aryl methyl sites for hydroxylation is 2. The quantitative estimate of drug-likeness (QED) is 0.816. The van der Waals surface area contributed by atoms with Crippen LogP contribution >= 0.6 is 0 Å². The second-order valence-electron chi connectivity index (χ2n) is 6.88. The highest BCUT2D eigenvalue weighted by molar-refractivity contribution is 7.88. The molecule has 1 aromatic rings. The molecule has 2 heterocycles. The minimum absolute atomic E-state index is 0.0533. The number of carbonyl (C=O) groups excluding carboxylic acids is 1. The lowest BCUT2D eigenvalue weighted by Crippen LogP contribution is -2.46. The molecule has 7 nitrogen and oxygen atoms in total. The standard InChI is InChI=1S/C16H26N4O3S/c1-24(22,23)19-12-8-10-20(11-9-12)16(21)7-6-15-13-4-2-3-5-14(13)17-18-15/h12,19H,2-11H2,1H3,(H,17,18). The van der Waals surface area contributed by atoms with Crippen LogP contribution in [0.1, 0.15) is 49.1 Å². The normalized spacial score (nSPS) is 19.3. The molecule has 134 valence electrons. The fourth-order valence-electron chi connectivity index (χ4n) is 3.69. The molecule has 2 N–H and O–H groups in total. The van der Waals surface area contributed by atoms with Gasteiger partial charge in [0.2, 0.25) is 15.9 Å². The first-order valence-electron chi connectivity index (χ1n) is 8.72. The molecule has 1 fully saturated rings. The Morgan fingerprint density at radius 1 is 1.29 bits per heavy atom. The lowest BCUT2D eigenvalue weighted by molar-refractivity contribution is -0.132. The van der Waals surface area contributed by atoms with Gasteiger partial charge in [-0.1, -0.05) is 0 Å². The van der Waals surface area contributed by atoms with Gasteiger partial charge in [0.1, 0.15) is 0 Å². The molecule has 1 aromatic heterocycles. The van der Waals surface area contributed by atoms with Crippen LogP contribution in [0, 0.1) is 0 Å². The van der Waals surface area contributed by atoms with Crippen molar-refractivity contribution in [2.24, 2.45) is 0 Å². The summed E-state index contributed by atoms with van der Waals surface area (Å²) in [6.07, 6.45) is 8.24. The van der Waals surface area contributed by atoms with E-state index >= 15 is 0 Å². The maximum Gasteiger partial charge on any atom is 0.222 e. The fraction of sp³-hybridized carbons (Fsp3) is 0.750. The number of nitrogens with one attached hydrogen (secondary N) is 2. The average Bonchev–Trinajstić information content (AvgIpc) is 2.95. The first-order valence-corrected chi connectivity index (χ1v) is 10.6. The molecular weight excluding hydrogens is 328 g/mol. The predicted octanol–water partition coefficient (Wildman–Crippen LogP) is 0.761. The van der Waals surface area contributed by atoms with Gasteiger partial charge in [-0.3, -0.25) is 9.89 Å².